The predicted molar refractivity (Wildman–Crippen MR) is 68.5 cm³/mol. The third kappa shape index (κ3) is 2.09. The smallest absolute Gasteiger partial charge is 0.0940 e. The Kier molecular flexibility index (Phi) is 3.17. The molecule has 4 heteroatoms. The standard InChI is InChI=1S/C14H25NO3/c1-11-7-14(16,9-15(11)2)12-3-5-18-13(8-12)4-6-17-10-13/h11-12,16H,3-10H2,1-2H3. The van der Waals surface area contributed by atoms with Crippen LogP contribution in [-0.2, 0) is 9.47 Å². The van der Waals surface area contributed by atoms with Crippen molar-refractivity contribution in [2.45, 2.75) is 49.9 Å². The van der Waals surface area contributed by atoms with Crippen molar-refractivity contribution < 1.29 is 14.6 Å². The molecule has 1 N–H and O–H groups in total. The molecule has 0 aromatic rings. The van der Waals surface area contributed by atoms with Gasteiger partial charge < -0.3 is 19.5 Å². The van der Waals surface area contributed by atoms with Crippen molar-refractivity contribution in [3.8, 4) is 0 Å². The second-order valence-corrected chi connectivity index (χ2v) is 6.60. The third-order valence-corrected chi connectivity index (χ3v) is 5.24. The molecule has 3 fully saturated rings. The van der Waals surface area contributed by atoms with Crippen molar-refractivity contribution in [1.29, 1.82) is 0 Å². The summed E-state index contributed by atoms with van der Waals surface area (Å²) in [7, 11) is 2.11. The Bertz CT molecular complexity index is 304. The highest BCUT2D eigenvalue weighted by molar-refractivity contribution is 5.02. The molecule has 3 aliphatic heterocycles. The van der Waals surface area contributed by atoms with E-state index in [0.29, 0.717) is 18.6 Å². The minimum atomic E-state index is -0.520. The molecule has 3 rings (SSSR count). The van der Waals surface area contributed by atoms with E-state index in [-0.39, 0.29) is 5.60 Å². The number of hydrogen-bond acceptors (Lipinski definition) is 4. The first-order valence-corrected chi connectivity index (χ1v) is 7.17. The summed E-state index contributed by atoms with van der Waals surface area (Å²) in [6.07, 6.45) is 3.83. The van der Waals surface area contributed by atoms with Crippen molar-refractivity contribution >= 4 is 0 Å². The lowest BCUT2D eigenvalue weighted by Crippen LogP contribution is -2.50. The molecule has 18 heavy (non-hydrogen) atoms. The number of nitrogens with zero attached hydrogens (tertiary/aromatic N) is 1. The number of likely N-dealkylation sites (N-methyl/N-ethyl adjacent to an activating group) is 1. The van der Waals surface area contributed by atoms with Gasteiger partial charge in [0.1, 0.15) is 0 Å². The molecule has 0 aliphatic carbocycles. The van der Waals surface area contributed by atoms with Gasteiger partial charge in [0.05, 0.1) is 17.8 Å². The number of hydrogen-bond donors (Lipinski definition) is 1. The fraction of sp³-hybridized carbons (Fsp3) is 1.00. The van der Waals surface area contributed by atoms with Gasteiger partial charge in [0.25, 0.3) is 0 Å². The molecule has 0 amide bonds. The molecule has 4 nitrogen and oxygen atoms in total. The number of aliphatic hydroxyl groups is 1. The highest BCUT2D eigenvalue weighted by atomic mass is 16.6. The van der Waals surface area contributed by atoms with Crippen LogP contribution in [0.15, 0.2) is 0 Å². The number of ether oxygens (including phenoxy) is 2. The first-order chi connectivity index (χ1) is 8.53. The van der Waals surface area contributed by atoms with E-state index in [1.54, 1.807) is 0 Å². The minimum Gasteiger partial charge on any atom is -0.388 e. The average Bonchev–Trinajstić information content (AvgIpc) is 2.86. The summed E-state index contributed by atoms with van der Waals surface area (Å²) in [6.45, 7) is 5.29. The Balaban J connectivity index is 1.72. The summed E-state index contributed by atoms with van der Waals surface area (Å²) < 4.78 is 11.5. The topological polar surface area (TPSA) is 41.9 Å². The van der Waals surface area contributed by atoms with Gasteiger partial charge in [0.2, 0.25) is 0 Å². The molecular weight excluding hydrogens is 230 g/mol. The van der Waals surface area contributed by atoms with Crippen molar-refractivity contribution in [1.82, 2.24) is 4.90 Å². The molecule has 1 spiro atoms. The first kappa shape index (κ1) is 12.9. The summed E-state index contributed by atoms with van der Waals surface area (Å²) in [5.74, 6) is 0.361. The minimum absolute atomic E-state index is 0.0942. The lowest BCUT2D eigenvalue weighted by Gasteiger charge is -2.43. The molecule has 3 heterocycles. The summed E-state index contributed by atoms with van der Waals surface area (Å²) in [6, 6.07) is 0.480. The Morgan fingerprint density at radius 2 is 2.11 bits per heavy atom. The van der Waals surface area contributed by atoms with E-state index in [1.807, 2.05) is 0 Å². The summed E-state index contributed by atoms with van der Waals surface area (Å²) in [5, 5.41) is 11.0. The molecular formula is C14H25NO3. The average molecular weight is 255 g/mol. The quantitative estimate of drug-likeness (QED) is 0.760. The zero-order chi connectivity index (χ0) is 12.8. The Labute approximate surface area is 109 Å². The van der Waals surface area contributed by atoms with Crippen molar-refractivity contribution in [3.05, 3.63) is 0 Å². The molecule has 0 bridgehead atoms. The second kappa shape index (κ2) is 4.44. The lowest BCUT2D eigenvalue weighted by atomic mass is 9.74. The van der Waals surface area contributed by atoms with Crippen LogP contribution in [-0.4, -0.2) is 60.7 Å². The van der Waals surface area contributed by atoms with E-state index in [0.717, 1.165) is 45.4 Å². The fourth-order valence-corrected chi connectivity index (χ4v) is 3.97. The van der Waals surface area contributed by atoms with Gasteiger partial charge in [-0.2, -0.15) is 0 Å². The van der Waals surface area contributed by atoms with Gasteiger partial charge in [-0.15, -0.1) is 0 Å². The normalized spacial score (nSPS) is 50.2. The molecule has 0 saturated carbocycles. The Hall–Kier alpha value is -0.160. The molecule has 0 aromatic carbocycles. The zero-order valence-electron chi connectivity index (χ0n) is 11.5. The SMILES string of the molecule is CC1CC(O)(C2CCOC3(CCOC3)C2)CN1C. The van der Waals surface area contributed by atoms with Crippen LogP contribution < -0.4 is 0 Å². The van der Waals surface area contributed by atoms with Crippen LogP contribution >= 0.6 is 0 Å². The van der Waals surface area contributed by atoms with Crippen LogP contribution in [0.4, 0.5) is 0 Å². The number of β-amino-alcohol motifs (C(OH)–C–C–N with tert-alkyl or cyclic N) is 1. The molecule has 4 atom stereocenters. The molecule has 4 unspecified atom stereocenters. The van der Waals surface area contributed by atoms with Crippen LogP contribution in [0.1, 0.15) is 32.6 Å². The largest absolute Gasteiger partial charge is 0.388 e. The van der Waals surface area contributed by atoms with Crippen molar-refractivity contribution in [2.75, 3.05) is 33.4 Å². The van der Waals surface area contributed by atoms with E-state index < -0.39 is 5.60 Å². The Morgan fingerprint density at radius 1 is 1.28 bits per heavy atom. The van der Waals surface area contributed by atoms with Gasteiger partial charge in [-0.05, 0) is 39.2 Å². The highest BCUT2D eigenvalue weighted by Gasteiger charge is 2.51. The van der Waals surface area contributed by atoms with E-state index in [4.69, 9.17) is 9.47 Å². The van der Waals surface area contributed by atoms with E-state index >= 15 is 0 Å². The first-order valence-electron chi connectivity index (χ1n) is 7.17. The molecule has 104 valence electrons. The molecule has 3 aliphatic rings. The van der Waals surface area contributed by atoms with Crippen LogP contribution in [0.25, 0.3) is 0 Å². The summed E-state index contributed by atoms with van der Waals surface area (Å²) in [4.78, 5) is 2.27. The van der Waals surface area contributed by atoms with Gasteiger partial charge in [0, 0.05) is 32.2 Å². The lowest BCUT2D eigenvalue weighted by molar-refractivity contribution is -0.139. The van der Waals surface area contributed by atoms with Crippen LogP contribution in [0, 0.1) is 5.92 Å². The van der Waals surface area contributed by atoms with E-state index in [9.17, 15) is 5.11 Å². The Morgan fingerprint density at radius 3 is 2.72 bits per heavy atom. The monoisotopic (exact) mass is 255 g/mol. The van der Waals surface area contributed by atoms with Crippen LogP contribution in [0.2, 0.25) is 0 Å². The fourth-order valence-electron chi connectivity index (χ4n) is 3.97. The van der Waals surface area contributed by atoms with E-state index in [2.05, 4.69) is 18.9 Å². The van der Waals surface area contributed by atoms with Gasteiger partial charge in [-0.25, -0.2) is 0 Å². The van der Waals surface area contributed by atoms with Crippen molar-refractivity contribution in [2.24, 2.45) is 5.92 Å². The van der Waals surface area contributed by atoms with Gasteiger partial charge >= 0.3 is 0 Å². The van der Waals surface area contributed by atoms with Crippen LogP contribution in [0.5, 0.6) is 0 Å². The molecule has 0 aromatic heterocycles. The maximum Gasteiger partial charge on any atom is 0.0940 e. The highest BCUT2D eigenvalue weighted by Crippen LogP contribution is 2.44. The van der Waals surface area contributed by atoms with Gasteiger partial charge in [0.15, 0.2) is 0 Å². The van der Waals surface area contributed by atoms with Crippen molar-refractivity contribution in [3.63, 3.8) is 0 Å². The maximum atomic E-state index is 11.0. The maximum absolute atomic E-state index is 11.0. The predicted octanol–water partition coefficient (Wildman–Crippen LogP) is 1.03. The van der Waals surface area contributed by atoms with Crippen LogP contribution in [0.3, 0.4) is 0 Å². The number of rotatable bonds is 1. The van der Waals surface area contributed by atoms with Gasteiger partial charge in [-0.1, -0.05) is 0 Å². The molecule has 0 radical (unpaired) electrons. The number of likely N-dealkylation sites (tertiary alicyclic amines) is 1. The zero-order valence-corrected chi connectivity index (χ0v) is 11.5. The van der Waals surface area contributed by atoms with E-state index in [1.165, 1.54) is 0 Å². The second-order valence-electron chi connectivity index (χ2n) is 6.60. The van der Waals surface area contributed by atoms with Gasteiger partial charge in [-0.3, -0.25) is 0 Å². The molecule has 3 saturated heterocycles. The summed E-state index contributed by atoms with van der Waals surface area (Å²) in [5.41, 5.74) is -0.615. The summed E-state index contributed by atoms with van der Waals surface area (Å²) >= 11 is 0. The third-order valence-electron chi connectivity index (χ3n) is 5.24.